The number of aryl methyl sites for hydroxylation is 1. The molecule has 3 N–H and O–H groups in total. The highest BCUT2D eigenvalue weighted by atomic mass is 16.4. The molecular weight excluding hydrogens is 234 g/mol. The van der Waals surface area contributed by atoms with Crippen LogP contribution in [-0.2, 0) is 0 Å². The number of aromatic amines is 1. The zero-order valence-electron chi connectivity index (χ0n) is 9.60. The first-order valence-corrected chi connectivity index (χ1v) is 5.23. The third-order valence-corrected chi connectivity index (χ3v) is 2.35. The number of benzene rings is 1. The lowest BCUT2D eigenvalue weighted by atomic mass is 10.2. The molecule has 18 heavy (non-hydrogen) atoms. The van der Waals surface area contributed by atoms with Crippen molar-refractivity contribution in [1.29, 1.82) is 0 Å². The zero-order chi connectivity index (χ0) is 13.1. The molecule has 1 aromatic heterocycles. The van der Waals surface area contributed by atoms with E-state index >= 15 is 0 Å². The second-order valence-corrected chi connectivity index (χ2v) is 3.79. The number of aromatic carboxylic acids is 1. The Bertz CT molecular complexity index is 632. The van der Waals surface area contributed by atoms with Crippen LogP contribution in [0.2, 0.25) is 0 Å². The first kappa shape index (κ1) is 11.8. The number of aromatic nitrogens is 2. The summed E-state index contributed by atoms with van der Waals surface area (Å²) in [7, 11) is 0. The summed E-state index contributed by atoms with van der Waals surface area (Å²) in [5.41, 5.74) is 1.07. The van der Waals surface area contributed by atoms with Crippen LogP contribution in [-0.4, -0.2) is 21.3 Å². The Labute approximate surface area is 102 Å². The number of hydrogen-bond acceptors (Lipinski definition) is 4. The molecule has 1 heterocycles. The molecule has 0 unspecified atom stereocenters. The Morgan fingerprint density at radius 1 is 1.33 bits per heavy atom. The minimum atomic E-state index is -1.21. The molecular formula is C12H11N3O3. The van der Waals surface area contributed by atoms with E-state index in [2.05, 4.69) is 15.5 Å². The fourth-order valence-corrected chi connectivity index (χ4v) is 1.43. The summed E-state index contributed by atoms with van der Waals surface area (Å²) in [5, 5.41) is 17.7. The van der Waals surface area contributed by atoms with Crippen LogP contribution in [0, 0.1) is 6.92 Å². The lowest BCUT2D eigenvalue weighted by molar-refractivity contribution is 0.0697. The average Bonchev–Trinajstić information content (AvgIpc) is 2.34. The van der Waals surface area contributed by atoms with E-state index in [-0.39, 0.29) is 11.4 Å². The molecule has 6 nitrogen and oxygen atoms in total. The number of hydrogen-bond donors (Lipinski definition) is 3. The topological polar surface area (TPSA) is 95.1 Å². The van der Waals surface area contributed by atoms with Crippen LogP contribution in [0.15, 0.2) is 35.1 Å². The van der Waals surface area contributed by atoms with Crippen molar-refractivity contribution in [3.8, 4) is 0 Å². The van der Waals surface area contributed by atoms with E-state index in [1.807, 2.05) is 19.1 Å². The van der Waals surface area contributed by atoms with Gasteiger partial charge in [-0.25, -0.2) is 9.89 Å². The van der Waals surface area contributed by atoms with Gasteiger partial charge in [-0.2, -0.15) is 5.10 Å². The van der Waals surface area contributed by atoms with Crippen molar-refractivity contribution in [2.45, 2.75) is 6.92 Å². The van der Waals surface area contributed by atoms with Gasteiger partial charge in [0.25, 0.3) is 5.56 Å². The summed E-state index contributed by atoms with van der Waals surface area (Å²) in [6.07, 6.45) is 0. The molecule has 2 aromatic rings. The Balaban J connectivity index is 2.37. The van der Waals surface area contributed by atoms with E-state index in [0.29, 0.717) is 5.69 Å². The van der Waals surface area contributed by atoms with Gasteiger partial charge in [-0.15, -0.1) is 0 Å². The maximum atomic E-state index is 11.0. The van der Waals surface area contributed by atoms with E-state index in [0.717, 1.165) is 11.6 Å². The fraction of sp³-hybridized carbons (Fsp3) is 0.0833. The molecule has 0 saturated carbocycles. The number of rotatable bonds is 3. The number of nitrogens with zero attached hydrogens (tertiary/aromatic N) is 1. The zero-order valence-corrected chi connectivity index (χ0v) is 9.60. The number of anilines is 2. The highest BCUT2D eigenvalue weighted by Gasteiger charge is 2.12. The molecule has 1 aromatic carbocycles. The third kappa shape index (κ3) is 2.54. The van der Waals surface area contributed by atoms with E-state index in [1.165, 1.54) is 0 Å². The second kappa shape index (κ2) is 4.70. The molecule has 0 aliphatic carbocycles. The number of carboxylic acids is 1. The Hall–Kier alpha value is -2.63. The summed E-state index contributed by atoms with van der Waals surface area (Å²) in [4.78, 5) is 22.0. The van der Waals surface area contributed by atoms with Gasteiger partial charge in [-0.05, 0) is 19.1 Å². The van der Waals surface area contributed by atoms with Gasteiger partial charge in [0, 0.05) is 11.8 Å². The van der Waals surface area contributed by atoms with Crippen LogP contribution in [0.25, 0.3) is 0 Å². The van der Waals surface area contributed by atoms with Gasteiger partial charge in [-0.3, -0.25) is 4.79 Å². The van der Waals surface area contributed by atoms with Gasteiger partial charge in [-0.1, -0.05) is 17.7 Å². The van der Waals surface area contributed by atoms with Gasteiger partial charge in [0.1, 0.15) is 5.56 Å². The lowest BCUT2D eigenvalue weighted by Crippen LogP contribution is -2.14. The van der Waals surface area contributed by atoms with Crippen LogP contribution >= 0.6 is 0 Å². The van der Waals surface area contributed by atoms with Gasteiger partial charge in [0.05, 0.1) is 0 Å². The number of carboxylic acid groups (broad SMARTS) is 1. The standard InChI is InChI=1S/C12H11N3O3/c1-7-2-4-8(5-3-7)13-11-9(12(17)18)6-10(16)14-15-11/h2-6H,1H3,(H,13,15)(H,14,16)(H,17,18). The van der Waals surface area contributed by atoms with Crippen molar-refractivity contribution in [2.75, 3.05) is 5.32 Å². The largest absolute Gasteiger partial charge is 0.478 e. The van der Waals surface area contributed by atoms with E-state index < -0.39 is 11.5 Å². The van der Waals surface area contributed by atoms with Crippen molar-refractivity contribution in [1.82, 2.24) is 10.2 Å². The second-order valence-electron chi connectivity index (χ2n) is 3.79. The molecule has 0 radical (unpaired) electrons. The van der Waals surface area contributed by atoms with Gasteiger partial charge < -0.3 is 10.4 Å². The summed E-state index contributed by atoms with van der Waals surface area (Å²) in [6, 6.07) is 8.36. The first-order valence-electron chi connectivity index (χ1n) is 5.23. The van der Waals surface area contributed by atoms with Crippen molar-refractivity contribution in [3.63, 3.8) is 0 Å². The van der Waals surface area contributed by atoms with Gasteiger partial charge in [0.15, 0.2) is 5.82 Å². The van der Waals surface area contributed by atoms with Crippen LogP contribution in [0.5, 0.6) is 0 Å². The molecule has 0 bridgehead atoms. The molecule has 92 valence electrons. The molecule has 0 aliphatic rings. The van der Waals surface area contributed by atoms with Crippen molar-refractivity contribution < 1.29 is 9.90 Å². The predicted octanol–water partition coefficient (Wildman–Crippen LogP) is 1.52. The number of H-pyrrole nitrogens is 1. The van der Waals surface area contributed by atoms with Gasteiger partial charge >= 0.3 is 5.97 Å². The van der Waals surface area contributed by atoms with Crippen LogP contribution in [0.4, 0.5) is 11.5 Å². The molecule has 0 fully saturated rings. The molecule has 0 amide bonds. The monoisotopic (exact) mass is 245 g/mol. The quantitative estimate of drug-likeness (QED) is 0.762. The van der Waals surface area contributed by atoms with Crippen molar-refractivity contribution >= 4 is 17.5 Å². The van der Waals surface area contributed by atoms with Gasteiger partial charge in [0.2, 0.25) is 0 Å². The Kier molecular flexibility index (Phi) is 3.09. The van der Waals surface area contributed by atoms with E-state index in [4.69, 9.17) is 5.11 Å². The SMILES string of the molecule is Cc1ccc(Nc2n[nH]c(=O)cc2C(=O)O)cc1. The highest BCUT2D eigenvalue weighted by molar-refractivity contribution is 5.93. The third-order valence-electron chi connectivity index (χ3n) is 2.35. The lowest BCUT2D eigenvalue weighted by Gasteiger charge is -2.07. The molecule has 0 atom stereocenters. The summed E-state index contributed by atoms with van der Waals surface area (Å²) in [5.74, 6) is -1.10. The predicted molar refractivity (Wildman–Crippen MR) is 66.3 cm³/mol. The Morgan fingerprint density at radius 3 is 2.61 bits per heavy atom. The van der Waals surface area contributed by atoms with E-state index in [9.17, 15) is 9.59 Å². The smallest absolute Gasteiger partial charge is 0.339 e. The van der Waals surface area contributed by atoms with Crippen LogP contribution < -0.4 is 10.9 Å². The van der Waals surface area contributed by atoms with E-state index in [1.54, 1.807) is 12.1 Å². The minimum Gasteiger partial charge on any atom is -0.478 e. The average molecular weight is 245 g/mol. The van der Waals surface area contributed by atoms with Crippen molar-refractivity contribution in [3.05, 3.63) is 51.8 Å². The molecule has 0 saturated heterocycles. The minimum absolute atomic E-state index is 0.103. The number of carbonyl (C=O) groups is 1. The molecule has 2 rings (SSSR count). The molecule has 0 spiro atoms. The number of nitrogens with one attached hydrogen (secondary N) is 2. The first-order chi connectivity index (χ1) is 8.56. The van der Waals surface area contributed by atoms with Crippen LogP contribution in [0.1, 0.15) is 15.9 Å². The maximum Gasteiger partial charge on any atom is 0.339 e. The maximum absolute atomic E-state index is 11.0. The summed E-state index contributed by atoms with van der Waals surface area (Å²) < 4.78 is 0. The highest BCUT2D eigenvalue weighted by Crippen LogP contribution is 2.17. The molecule has 0 aliphatic heterocycles. The van der Waals surface area contributed by atoms with Crippen LogP contribution in [0.3, 0.4) is 0 Å². The molecule has 6 heteroatoms. The van der Waals surface area contributed by atoms with Crippen molar-refractivity contribution in [2.24, 2.45) is 0 Å². The summed E-state index contributed by atoms with van der Waals surface area (Å²) >= 11 is 0. The fourth-order valence-electron chi connectivity index (χ4n) is 1.43. The Morgan fingerprint density at radius 2 is 2.00 bits per heavy atom. The summed E-state index contributed by atoms with van der Waals surface area (Å²) in [6.45, 7) is 1.95. The normalized spacial score (nSPS) is 10.1.